The van der Waals surface area contributed by atoms with Crippen LogP contribution in [-0.4, -0.2) is 18.2 Å². The Morgan fingerprint density at radius 3 is 1.27 bits per heavy atom. The Morgan fingerprint density at radius 1 is 0.500 bits per heavy atom. The zero-order valence-corrected chi connectivity index (χ0v) is 18.4. The molecule has 1 rings (SSSR count). The van der Waals surface area contributed by atoms with Crippen molar-refractivity contribution in [1.82, 2.24) is 0 Å². The van der Waals surface area contributed by atoms with Crippen LogP contribution in [0.4, 0.5) is 0 Å². The molecule has 1 atom stereocenters. The Balaban J connectivity index is 1.97. The molecule has 0 saturated carbocycles. The summed E-state index contributed by atoms with van der Waals surface area (Å²) in [7, 11) is -0.137. The van der Waals surface area contributed by atoms with Crippen molar-refractivity contribution < 1.29 is 0 Å². The second kappa shape index (κ2) is 18.0. The maximum atomic E-state index is 4.23. The van der Waals surface area contributed by atoms with E-state index in [9.17, 15) is 0 Å². The van der Waals surface area contributed by atoms with Crippen LogP contribution in [0.5, 0.6) is 0 Å². The van der Waals surface area contributed by atoms with Crippen LogP contribution in [0.2, 0.25) is 0 Å². The molecule has 5 heteroatoms. The molecule has 0 amide bonds. The SMILES string of the molecule is CCCCCCCCCCCCCCP(CCCCCC)C1N=NN=N1. The Bertz CT molecular complexity index is 348. The molecule has 0 aromatic carbocycles. The minimum Gasteiger partial charge on any atom is -0.133 e. The van der Waals surface area contributed by atoms with Gasteiger partial charge in [0.2, 0.25) is 5.91 Å². The lowest BCUT2D eigenvalue weighted by atomic mass is 10.1. The number of unbranched alkanes of at least 4 members (excludes halogenated alkanes) is 14. The van der Waals surface area contributed by atoms with Crippen molar-refractivity contribution in [2.45, 2.75) is 122 Å². The lowest BCUT2D eigenvalue weighted by Gasteiger charge is -2.18. The summed E-state index contributed by atoms with van der Waals surface area (Å²) in [6.07, 6.45) is 25.0. The molecule has 0 bridgehead atoms. The van der Waals surface area contributed by atoms with Gasteiger partial charge in [-0.25, -0.2) is 0 Å². The molecule has 0 saturated heterocycles. The fourth-order valence-electron chi connectivity index (χ4n) is 3.55. The van der Waals surface area contributed by atoms with Gasteiger partial charge in [-0.15, -0.1) is 10.2 Å². The Kier molecular flexibility index (Phi) is 16.4. The third-order valence-corrected chi connectivity index (χ3v) is 7.92. The van der Waals surface area contributed by atoms with Crippen molar-refractivity contribution in [2.24, 2.45) is 20.7 Å². The van der Waals surface area contributed by atoms with Crippen LogP contribution >= 0.6 is 7.92 Å². The molecule has 1 aliphatic rings. The highest BCUT2D eigenvalue weighted by Crippen LogP contribution is 2.46. The lowest BCUT2D eigenvalue weighted by Crippen LogP contribution is -2.03. The van der Waals surface area contributed by atoms with Gasteiger partial charge in [-0.1, -0.05) is 112 Å². The Hall–Kier alpha value is -0.370. The van der Waals surface area contributed by atoms with Crippen LogP contribution in [0.1, 0.15) is 117 Å². The molecule has 1 unspecified atom stereocenters. The fraction of sp³-hybridized carbons (Fsp3) is 1.00. The van der Waals surface area contributed by atoms with Gasteiger partial charge >= 0.3 is 0 Å². The molecule has 0 N–H and O–H groups in total. The number of rotatable bonds is 19. The summed E-state index contributed by atoms with van der Waals surface area (Å²) in [6.45, 7) is 4.56. The molecule has 1 aliphatic heterocycles. The average molecular weight is 383 g/mol. The topological polar surface area (TPSA) is 49.4 Å². The van der Waals surface area contributed by atoms with Gasteiger partial charge in [-0.2, -0.15) is 0 Å². The van der Waals surface area contributed by atoms with Gasteiger partial charge in [-0.05, 0) is 35.6 Å². The monoisotopic (exact) mass is 382 g/mol. The highest BCUT2D eigenvalue weighted by atomic mass is 31.1. The van der Waals surface area contributed by atoms with Crippen LogP contribution in [-0.2, 0) is 0 Å². The van der Waals surface area contributed by atoms with Gasteiger partial charge < -0.3 is 0 Å². The van der Waals surface area contributed by atoms with Crippen LogP contribution in [0.15, 0.2) is 20.7 Å². The van der Waals surface area contributed by atoms with Crippen molar-refractivity contribution in [1.29, 1.82) is 0 Å². The predicted molar refractivity (Wildman–Crippen MR) is 115 cm³/mol. The third kappa shape index (κ3) is 12.9. The first-order chi connectivity index (χ1) is 12.9. The Labute approximate surface area is 163 Å². The van der Waals surface area contributed by atoms with Crippen molar-refractivity contribution in [3.05, 3.63) is 0 Å². The highest BCUT2D eigenvalue weighted by Gasteiger charge is 2.21. The molecule has 0 aromatic heterocycles. The highest BCUT2D eigenvalue weighted by molar-refractivity contribution is 7.58. The minimum atomic E-state index is -0.137. The molecule has 26 heavy (non-hydrogen) atoms. The summed E-state index contributed by atoms with van der Waals surface area (Å²) in [5.41, 5.74) is 0. The van der Waals surface area contributed by atoms with Gasteiger partial charge in [0.05, 0.1) is 0 Å². The van der Waals surface area contributed by atoms with Crippen LogP contribution in [0, 0.1) is 0 Å². The predicted octanol–water partition coefficient (Wildman–Crippen LogP) is 8.87. The van der Waals surface area contributed by atoms with Gasteiger partial charge in [0, 0.05) is 0 Å². The van der Waals surface area contributed by atoms with Crippen LogP contribution < -0.4 is 0 Å². The summed E-state index contributed by atoms with van der Waals surface area (Å²) in [5, 5.41) is 15.9. The van der Waals surface area contributed by atoms with Crippen LogP contribution in [0.25, 0.3) is 0 Å². The van der Waals surface area contributed by atoms with Gasteiger partial charge in [0.1, 0.15) is 0 Å². The van der Waals surface area contributed by atoms with Crippen LogP contribution in [0.3, 0.4) is 0 Å². The first-order valence-corrected chi connectivity index (χ1v) is 13.2. The van der Waals surface area contributed by atoms with Gasteiger partial charge in [0.25, 0.3) is 0 Å². The van der Waals surface area contributed by atoms with E-state index in [4.69, 9.17) is 0 Å². The summed E-state index contributed by atoms with van der Waals surface area (Å²) < 4.78 is 0. The largest absolute Gasteiger partial charge is 0.202 e. The van der Waals surface area contributed by atoms with E-state index < -0.39 is 0 Å². The average Bonchev–Trinajstić information content (AvgIpc) is 3.19. The number of nitrogens with zero attached hydrogens (tertiary/aromatic N) is 4. The van der Waals surface area contributed by atoms with Gasteiger partial charge in [0.15, 0.2) is 0 Å². The normalized spacial score (nSPS) is 15.2. The van der Waals surface area contributed by atoms with E-state index in [1.165, 1.54) is 115 Å². The zero-order chi connectivity index (χ0) is 18.7. The van der Waals surface area contributed by atoms with E-state index >= 15 is 0 Å². The number of hydrogen-bond acceptors (Lipinski definition) is 4. The van der Waals surface area contributed by atoms with E-state index in [1.807, 2.05) is 0 Å². The molecule has 0 radical (unpaired) electrons. The first kappa shape index (κ1) is 23.7. The molecule has 1 heterocycles. The maximum absolute atomic E-state index is 4.23. The van der Waals surface area contributed by atoms with Crippen molar-refractivity contribution in [3.8, 4) is 0 Å². The molecular weight excluding hydrogens is 339 g/mol. The number of hydrogen-bond donors (Lipinski definition) is 0. The molecule has 0 aromatic rings. The molecule has 4 nitrogen and oxygen atoms in total. The molecule has 0 aliphatic carbocycles. The Morgan fingerprint density at radius 2 is 0.846 bits per heavy atom. The minimum absolute atomic E-state index is 0.0827. The van der Waals surface area contributed by atoms with Crippen molar-refractivity contribution >= 4 is 7.92 Å². The molecule has 0 fully saturated rings. The van der Waals surface area contributed by atoms with E-state index in [1.54, 1.807) is 0 Å². The standard InChI is InChI=1S/C21H43N4P/c1-3-5-7-9-10-11-12-13-14-15-16-18-20-26(19-17-8-6-4-2)21-22-24-25-23-21/h21H,3-20H2,1-2H3. The lowest BCUT2D eigenvalue weighted by molar-refractivity contribution is 0.548. The fourth-order valence-corrected chi connectivity index (χ4v) is 5.88. The van der Waals surface area contributed by atoms with E-state index in [0.717, 1.165) is 0 Å². The van der Waals surface area contributed by atoms with Crippen molar-refractivity contribution in [2.75, 3.05) is 12.3 Å². The quantitative estimate of drug-likeness (QED) is 0.158. The summed E-state index contributed by atoms with van der Waals surface area (Å²) in [5.74, 6) is 0.0827. The second-order valence-corrected chi connectivity index (χ2v) is 10.3. The van der Waals surface area contributed by atoms with Gasteiger partial charge in [-0.3, -0.25) is 0 Å². The third-order valence-electron chi connectivity index (χ3n) is 5.27. The van der Waals surface area contributed by atoms with E-state index in [2.05, 4.69) is 34.5 Å². The van der Waals surface area contributed by atoms with E-state index in [-0.39, 0.29) is 13.8 Å². The molecular formula is C21H43N4P. The molecule has 152 valence electrons. The summed E-state index contributed by atoms with van der Waals surface area (Å²) in [4.78, 5) is 0. The van der Waals surface area contributed by atoms with E-state index in [0.29, 0.717) is 0 Å². The van der Waals surface area contributed by atoms with Crippen molar-refractivity contribution in [3.63, 3.8) is 0 Å². The maximum Gasteiger partial charge on any atom is 0.202 e. The second-order valence-electron chi connectivity index (χ2n) is 7.74. The summed E-state index contributed by atoms with van der Waals surface area (Å²) >= 11 is 0. The molecule has 0 spiro atoms. The first-order valence-electron chi connectivity index (χ1n) is 11.4. The zero-order valence-electron chi connectivity index (χ0n) is 17.5. The smallest absolute Gasteiger partial charge is 0.133 e. The summed E-state index contributed by atoms with van der Waals surface area (Å²) in [6, 6.07) is 0.